The first-order valence-corrected chi connectivity index (χ1v) is 4.74. The number of anilines is 1. The number of hydrogen-bond donors (Lipinski definition) is 2. The highest BCUT2D eigenvalue weighted by Crippen LogP contribution is 2.30. The van der Waals surface area contributed by atoms with Crippen LogP contribution in [-0.2, 0) is 0 Å². The van der Waals surface area contributed by atoms with E-state index >= 15 is 0 Å². The van der Waals surface area contributed by atoms with Gasteiger partial charge in [0.2, 0.25) is 0 Å². The van der Waals surface area contributed by atoms with E-state index in [1.807, 2.05) is 13.0 Å². The van der Waals surface area contributed by atoms with Crippen LogP contribution in [0.25, 0.3) is 0 Å². The van der Waals surface area contributed by atoms with Crippen LogP contribution in [0, 0.1) is 6.92 Å². The molecule has 3 nitrogen and oxygen atoms in total. The average molecular weight is 231 g/mol. The molecule has 0 aliphatic heterocycles. The molecule has 0 aliphatic rings. The van der Waals surface area contributed by atoms with Gasteiger partial charge in [-0.3, -0.25) is 0 Å². The molecule has 0 unspecified atom stereocenters. The quantitative estimate of drug-likeness (QED) is 0.766. The van der Waals surface area contributed by atoms with Crippen molar-refractivity contribution in [2.75, 3.05) is 12.4 Å². The number of thiocarbonyl (C=S) groups is 1. The molecule has 0 aromatic heterocycles. The van der Waals surface area contributed by atoms with Crippen LogP contribution in [-0.4, -0.2) is 12.2 Å². The van der Waals surface area contributed by atoms with Crippen LogP contribution in [0.5, 0.6) is 5.75 Å². The van der Waals surface area contributed by atoms with E-state index in [1.165, 1.54) is 0 Å². The Morgan fingerprint density at radius 3 is 2.71 bits per heavy atom. The molecule has 3 N–H and O–H groups in total. The number of hydrogen-bond acceptors (Lipinski definition) is 2. The largest absolute Gasteiger partial charge is 0.495 e. The Labute approximate surface area is 93.2 Å². The highest BCUT2D eigenvalue weighted by atomic mass is 35.5. The summed E-state index contributed by atoms with van der Waals surface area (Å²) in [4.78, 5) is 0. The molecule has 1 rings (SSSR count). The van der Waals surface area contributed by atoms with Gasteiger partial charge in [0.05, 0.1) is 12.8 Å². The van der Waals surface area contributed by atoms with E-state index < -0.39 is 0 Å². The van der Waals surface area contributed by atoms with Crippen LogP contribution >= 0.6 is 23.8 Å². The number of nitrogens with two attached hydrogens (primary N) is 1. The second-order valence-corrected chi connectivity index (χ2v) is 3.64. The number of aryl methyl sites for hydroxylation is 1. The molecule has 0 fully saturated rings. The van der Waals surface area contributed by atoms with Crippen molar-refractivity contribution in [3.8, 4) is 5.75 Å². The van der Waals surface area contributed by atoms with Crippen molar-refractivity contribution < 1.29 is 4.74 Å². The van der Waals surface area contributed by atoms with E-state index in [2.05, 4.69) is 5.32 Å². The molecular formula is C9H11ClN2OS. The number of rotatable bonds is 2. The fourth-order valence-corrected chi connectivity index (χ4v) is 1.33. The molecule has 1 aromatic carbocycles. The van der Waals surface area contributed by atoms with E-state index in [0.717, 1.165) is 5.56 Å². The van der Waals surface area contributed by atoms with Gasteiger partial charge in [0.15, 0.2) is 5.11 Å². The Balaban J connectivity index is 3.13. The van der Waals surface area contributed by atoms with E-state index in [1.54, 1.807) is 13.2 Å². The maximum Gasteiger partial charge on any atom is 0.168 e. The number of methoxy groups -OCH3 is 1. The van der Waals surface area contributed by atoms with Gasteiger partial charge in [0.25, 0.3) is 0 Å². The van der Waals surface area contributed by atoms with Gasteiger partial charge < -0.3 is 15.8 Å². The number of ether oxygens (including phenoxy) is 1. The summed E-state index contributed by atoms with van der Waals surface area (Å²) in [5, 5.41) is 3.62. The smallest absolute Gasteiger partial charge is 0.168 e. The second-order valence-electron chi connectivity index (χ2n) is 2.79. The van der Waals surface area contributed by atoms with Gasteiger partial charge in [-0.05, 0) is 36.8 Å². The molecule has 0 spiro atoms. The van der Waals surface area contributed by atoms with Crippen LogP contribution in [0.15, 0.2) is 12.1 Å². The van der Waals surface area contributed by atoms with Crippen molar-refractivity contribution in [2.45, 2.75) is 6.92 Å². The van der Waals surface area contributed by atoms with E-state index in [0.29, 0.717) is 16.5 Å². The molecular weight excluding hydrogens is 220 g/mol. The lowest BCUT2D eigenvalue weighted by molar-refractivity contribution is 0.416. The Hall–Kier alpha value is -1.00. The maximum atomic E-state index is 5.95. The van der Waals surface area contributed by atoms with Crippen molar-refractivity contribution in [1.29, 1.82) is 0 Å². The first kappa shape index (κ1) is 11.1. The Bertz CT molecular complexity index is 368. The van der Waals surface area contributed by atoms with Crippen molar-refractivity contribution in [1.82, 2.24) is 0 Å². The van der Waals surface area contributed by atoms with Crippen LogP contribution in [0.3, 0.4) is 0 Å². The lowest BCUT2D eigenvalue weighted by Crippen LogP contribution is -2.19. The van der Waals surface area contributed by atoms with Crippen molar-refractivity contribution in [2.24, 2.45) is 5.73 Å². The van der Waals surface area contributed by atoms with Gasteiger partial charge in [-0.25, -0.2) is 0 Å². The monoisotopic (exact) mass is 230 g/mol. The van der Waals surface area contributed by atoms with E-state index in [9.17, 15) is 0 Å². The second kappa shape index (κ2) is 4.48. The summed E-state index contributed by atoms with van der Waals surface area (Å²) in [5.74, 6) is 0.666. The molecule has 0 aliphatic carbocycles. The van der Waals surface area contributed by atoms with Crippen LogP contribution < -0.4 is 15.8 Å². The average Bonchev–Trinajstić information content (AvgIpc) is 2.10. The highest BCUT2D eigenvalue weighted by Gasteiger charge is 2.06. The SMILES string of the molecule is COc1cc(C)c(Cl)cc1NC(N)=S. The minimum atomic E-state index is 0.184. The van der Waals surface area contributed by atoms with E-state index in [-0.39, 0.29) is 5.11 Å². The molecule has 5 heteroatoms. The zero-order valence-corrected chi connectivity index (χ0v) is 9.50. The summed E-state index contributed by atoms with van der Waals surface area (Å²) in [6.45, 7) is 1.90. The van der Waals surface area contributed by atoms with Crippen molar-refractivity contribution >= 4 is 34.6 Å². The predicted molar refractivity (Wildman–Crippen MR) is 63.1 cm³/mol. The molecule has 14 heavy (non-hydrogen) atoms. The molecule has 1 aromatic rings. The first-order valence-electron chi connectivity index (χ1n) is 3.95. The molecule has 0 atom stereocenters. The molecule has 76 valence electrons. The zero-order valence-electron chi connectivity index (χ0n) is 7.93. The van der Waals surface area contributed by atoms with Gasteiger partial charge in [-0.15, -0.1) is 0 Å². The predicted octanol–water partition coefficient (Wildman–Crippen LogP) is 2.31. The Morgan fingerprint density at radius 1 is 1.57 bits per heavy atom. The van der Waals surface area contributed by atoms with Crippen LogP contribution in [0.1, 0.15) is 5.56 Å². The van der Waals surface area contributed by atoms with Gasteiger partial charge in [-0.1, -0.05) is 11.6 Å². The van der Waals surface area contributed by atoms with Gasteiger partial charge in [-0.2, -0.15) is 0 Å². The Kier molecular flexibility index (Phi) is 3.55. The fraction of sp³-hybridized carbons (Fsp3) is 0.222. The molecule has 0 saturated carbocycles. The summed E-state index contributed by atoms with van der Waals surface area (Å²) in [5.41, 5.74) is 6.98. The third kappa shape index (κ3) is 2.49. The standard InChI is InChI=1S/C9H11ClN2OS/c1-5-3-8(13-2)7(4-6(5)10)12-9(11)14/h3-4H,1-2H3,(H3,11,12,14). The highest BCUT2D eigenvalue weighted by molar-refractivity contribution is 7.80. The number of halogens is 1. The summed E-state index contributed by atoms with van der Waals surface area (Å²) in [6.07, 6.45) is 0. The number of nitrogens with one attached hydrogen (secondary N) is 1. The van der Waals surface area contributed by atoms with Gasteiger partial charge in [0.1, 0.15) is 5.75 Å². The summed E-state index contributed by atoms with van der Waals surface area (Å²) in [7, 11) is 1.58. The lowest BCUT2D eigenvalue weighted by atomic mass is 10.2. The molecule has 0 heterocycles. The van der Waals surface area contributed by atoms with Crippen LogP contribution in [0.2, 0.25) is 5.02 Å². The normalized spacial score (nSPS) is 9.64. The van der Waals surface area contributed by atoms with Crippen molar-refractivity contribution in [3.05, 3.63) is 22.7 Å². The summed E-state index contributed by atoms with van der Waals surface area (Å²) in [6, 6.07) is 3.55. The van der Waals surface area contributed by atoms with Crippen LogP contribution in [0.4, 0.5) is 5.69 Å². The van der Waals surface area contributed by atoms with E-state index in [4.69, 9.17) is 34.3 Å². The van der Waals surface area contributed by atoms with Crippen molar-refractivity contribution in [3.63, 3.8) is 0 Å². The third-order valence-electron chi connectivity index (χ3n) is 1.74. The third-order valence-corrected chi connectivity index (χ3v) is 2.25. The zero-order chi connectivity index (χ0) is 10.7. The minimum absolute atomic E-state index is 0.184. The number of benzene rings is 1. The van der Waals surface area contributed by atoms with Gasteiger partial charge in [0, 0.05) is 5.02 Å². The Morgan fingerprint density at radius 2 is 2.21 bits per heavy atom. The fourth-order valence-electron chi connectivity index (χ4n) is 1.05. The molecule has 0 saturated heterocycles. The first-order chi connectivity index (χ1) is 6.54. The minimum Gasteiger partial charge on any atom is -0.495 e. The molecule has 0 bridgehead atoms. The molecule has 0 amide bonds. The lowest BCUT2D eigenvalue weighted by Gasteiger charge is -2.11. The maximum absolute atomic E-state index is 5.95. The van der Waals surface area contributed by atoms with Gasteiger partial charge >= 0.3 is 0 Å². The molecule has 0 radical (unpaired) electrons. The topological polar surface area (TPSA) is 47.3 Å². The summed E-state index contributed by atoms with van der Waals surface area (Å²) >= 11 is 10.7. The summed E-state index contributed by atoms with van der Waals surface area (Å²) < 4.78 is 5.15.